The highest BCUT2D eigenvalue weighted by Crippen LogP contribution is 2.32. The van der Waals surface area contributed by atoms with Crippen molar-refractivity contribution in [2.75, 3.05) is 43.1 Å². The van der Waals surface area contributed by atoms with Crippen molar-refractivity contribution in [2.24, 2.45) is 0 Å². The summed E-state index contributed by atoms with van der Waals surface area (Å²) < 4.78 is 33.9. The number of sulfonamides is 1. The van der Waals surface area contributed by atoms with Crippen molar-refractivity contribution in [3.8, 4) is 0 Å². The maximum atomic E-state index is 13.6. The highest BCUT2D eigenvalue weighted by Gasteiger charge is 2.40. The van der Waals surface area contributed by atoms with E-state index in [0.29, 0.717) is 54.3 Å². The average molecular weight is 472 g/mol. The van der Waals surface area contributed by atoms with E-state index in [9.17, 15) is 13.2 Å². The molecule has 0 aliphatic carbocycles. The largest absolute Gasteiger partial charge is 0.378 e. The van der Waals surface area contributed by atoms with Crippen LogP contribution in [-0.2, 0) is 19.6 Å². The Morgan fingerprint density at radius 3 is 2.27 bits per heavy atom. The normalized spacial score (nSPS) is 19.6. The fourth-order valence-corrected chi connectivity index (χ4v) is 7.07. The van der Waals surface area contributed by atoms with Gasteiger partial charge in [0.1, 0.15) is 6.04 Å². The minimum atomic E-state index is -3.78. The van der Waals surface area contributed by atoms with Crippen LogP contribution in [0.3, 0.4) is 0 Å². The number of hydrogen-bond acceptors (Lipinski definition) is 5. The Labute approximate surface area is 196 Å². The molecule has 2 aliphatic rings. The Balaban J connectivity index is 1.54. The molecule has 2 aliphatic heterocycles. The molecule has 178 valence electrons. The molecule has 2 aromatic carbocycles. The van der Waals surface area contributed by atoms with Crippen LogP contribution in [0.25, 0.3) is 0 Å². The summed E-state index contributed by atoms with van der Waals surface area (Å²) in [5.74, 6) is -0.277. The van der Waals surface area contributed by atoms with Crippen LogP contribution in [0, 0.1) is 27.7 Å². The van der Waals surface area contributed by atoms with Gasteiger partial charge in [0, 0.05) is 31.0 Å². The third-order valence-corrected chi connectivity index (χ3v) is 8.74. The number of hydrogen-bond donors (Lipinski definition) is 1. The number of nitrogens with one attached hydrogen (secondary N) is 1. The number of benzene rings is 2. The molecule has 0 aromatic heterocycles. The van der Waals surface area contributed by atoms with Crippen LogP contribution in [0.4, 0.5) is 11.4 Å². The minimum absolute atomic E-state index is 0.277. The van der Waals surface area contributed by atoms with E-state index in [1.165, 1.54) is 4.31 Å². The number of anilines is 2. The standard InChI is InChI=1S/C25H33N3O4S/c1-17-14-19(3)24(20(4)15-17)33(30,31)28-9-5-6-23(28)25(29)26-22-8-7-21(16-18(22)2)27-10-12-32-13-11-27/h7-8,14-16,23H,5-6,9-13H2,1-4H3,(H,26,29). The van der Waals surface area contributed by atoms with Crippen molar-refractivity contribution in [3.05, 3.63) is 52.6 Å². The monoisotopic (exact) mass is 471 g/mol. The van der Waals surface area contributed by atoms with Crippen LogP contribution in [-0.4, -0.2) is 57.5 Å². The van der Waals surface area contributed by atoms with Gasteiger partial charge in [-0.15, -0.1) is 0 Å². The number of morpholine rings is 1. The number of carbonyl (C=O) groups is 1. The van der Waals surface area contributed by atoms with E-state index in [2.05, 4.69) is 16.3 Å². The molecule has 0 radical (unpaired) electrons. The molecule has 2 aromatic rings. The van der Waals surface area contributed by atoms with Crippen molar-refractivity contribution < 1.29 is 17.9 Å². The van der Waals surface area contributed by atoms with Gasteiger partial charge in [0.25, 0.3) is 0 Å². The summed E-state index contributed by atoms with van der Waals surface area (Å²) in [6, 6.07) is 9.00. The molecule has 1 amide bonds. The van der Waals surface area contributed by atoms with Crippen molar-refractivity contribution in [2.45, 2.75) is 51.5 Å². The Hall–Kier alpha value is -2.42. The van der Waals surface area contributed by atoms with Gasteiger partial charge in [0.05, 0.1) is 18.1 Å². The number of rotatable bonds is 5. The zero-order valence-electron chi connectivity index (χ0n) is 19.8. The number of amides is 1. The summed E-state index contributed by atoms with van der Waals surface area (Å²) in [6.07, 6.45) is 1.18. The van der Waals surface area contributed by atoms with Crippen molar-refractivity contribution >= 4 is 27.3 Å². The van der Waals surface area contributed by atoms with Gasteiger partial charge in [0.2, 0.25) is 15.9 Å². The molecule has 0 bridgehead atoms. The fourth-order valence-electron chi connectivity index (χ4n) is 5.00. The first-order chi connectivity index (χ1) is 15.7. The van der Waals surface area contributed by atoms with Crippen LogP contribution >= 0.6 is 0 Å². The van der Waals surface area contributed by atoms with Crippen LogP contribution < -0.4 is 10.2 Å². The highest BCUT2D eigenvalue weighted by molar-refractivity contribution is 7.89. The van der Waals surface area contributed by atoms with E-state index >= 15 is 0 Å². The maximum Gasteiger partial charge on any atom is 0.244 e. The van der Waals surface area contributed by atoms with Gasteiger partial charge in [-0.2, -0.15) is 4.31 Å². The van der Waals surface area contributed by atoms with E-state index in [1.54, 1.807) is 0 Å². The number of carbonyl (C=O) groups excluding carboxylic acids is 1. The molecule has 2 saturated heterocycles. The van der Waals surface area contributed by atoms with Crippen LogP contribution in [0.2, 0.25) is 0 Å². The second-order valence-corrected chi connectivity index (χ2v) is 10.9. The lowest BCUT2D eigenvalue weighted by Crippen LogP contribution is -2.43. The summed E-state index contributed by atoms with van der Waals surface area (Å²) in [5, 5.41) is 2.99. The maximum absolute atomic E-state index is 13.6. The fraction of sp³-hybridized carbons (Fsp3) is 0.480. The van der Waals surface area contributed by atoms with Gasteiger partial charge in [-0.1, -0.05) is 17.7 Å². The second-order valence-electron chi connectivity index (χ2n) is 9.09. The molecule has 0 saturated carbocycles. The molecule has 33 heavy (non-hydrogen) atoms. The lowest BCUT2D eigenvalue weighted by Gasteiger charge is -2.29. The third kappa shape index (κ3) is 4.78. The Kier molecular flexibility index (Phi) is 6.79. The van der Waals surface area contributed by atoms with E-state index in [0.717, 1.165) is 29.9 Å². The van der Waals surface area contributed by atoms with Gasteiger partial charge >= 0.3 is 0 Å². The molecule has 0 spiro atoms. The van der Waals surface area contributed by atoms with Gasteiger partial charge in [-0.25, -0.2) is 8.42 Å². The van der Waals surface area contributed by atoms with Crippen molar-refractivity contribution in [3.63, 3.8) is 0 Å². The van der Waals surface area contributed by atoms with Crippen molar-refractivity contribution in [1.82, 2.24) is 4.31 Å². The predicted molar refractivity (Wildman–Crippen MR) is 130 cm³/mol. The van der Waals surface area contributed by atoms with Crippen LogP contribution in [0.1, 0.15) is 35.1 Å². The van der Waals surface area contributed by atoms with E-state index in [4.69, 9.17) is 4.74 Å². The lowest BCUT2D eigenvalue weighted by atomic mass is 10.1. The first-order valence-corrected chi connectivity index (χ1v) is 13.0. The molecule has 2 heterocycles. The zero-order chi connectivity index (χ0) is 23.8. The van der Waals surface area contributed by atoms with E-state index < -0.39 is 16.1 Å². The quantitative estimate of drug-likeness (QED) is 0.722. The molecular formula is C25H33N3O4S. The van der Waals surface area contributed by atoms with E-state index in [-0.39, 0.29) is 5.91 Å². The zero-order valence-corrected chi connectivity index (χ0v) is 20.7. The highest BCUT2D eigenvalue weighted by atomic mass is 32.2. The summed E-state index contributed by atoms with van der Waals surface area (Å²) in [4.78, 5) is 15.8. The Morgan fingerprint density at radius 2 is 1.64 bits per heavy atom. The topological polar surface area (TPSA) is 79.0 Å². The number of nitrogens with zero attached hydrogens (tertiary/aromatic N) is 2. The molecule has 4 rings (SSSR count). The third-order valence-electron chi connectivity index (χ3n) is 6.52. The number of aryl methyl sites for hydroxylation is 4. The molecule has 1 unspecified atom stereocenters. The van der Waals surface area contributed by atoms with E-state index in [1.807, 2.05) is 52.0 Å². The average Bonchev–Trinajstić information content (AvgIpc) is 3.26. The summed E-state index contributed by atoms with van der Waals surface area (Å²) >= 11 is 0. The first-order valence-electron chi connectivity index (χ1n) is 11.5. The SMILES string of the molecule is Cc1cc(C)c(S(=O)(=O)N2CCCC2C(=O)Nc2ccc(N3CCOCC3)cc2C)c(C)c1. The summed E-state index contributed by atoms with van der Waals surface area (Å²) in [7, 11) is -3.78. The molecule has 1 atom stereocenters. The molecule has 2 fully saturated rings. The van der Waals surface area contributed by atoms with Gasteiger partial charge < -0.3 is 15.0 Å². The predicted octanol–water partition coefficient (Wildman–Crippen LogP) is 3.55. The van der Waals surface area contributed by atoms with Gasteiger partial charge in [-0.3, -0.25) is 4.79 Å². The summed E-state index contributed by atoms with van der Waals surface area (Å²) in [6.45, 7) is 11.0. The molecule has 7 nitrogen and oxygen atoms in total. The second kappa shape index (κ2) is 9.44. The summed E-state index contributed by atoms with van der Waals surface area (Å²) in [5.41, 5.74) is 5.22. The molecule has 8 heteroatoms. The van der Waals surface area contributed by atoms with Crippen LogP contribution in [0.15, 0.2) is 35.2 Å². The van der Waals surface area contributed by atoms with Crippen molar-refractivity contribution in [1.29, 1.82) is 0 Å². The number of ether oxygens (including phenoxy) is 1. The van der Waals surface area contributed by atoms with Crippen LogP contribution in [0.5, 0.6) is 0 Å². The Morgan fingerprint density at radius 1 is 0.970 bits per heavy atom. The molecular weight excluding hydrogens is 438 g/mol. The van der Waals surface area contributed by atoms with Gasteiger partial charge in [-0.05, 0) is 75.4 Å². The Bertz CT molecular complexity index is 1130. The first kappa shape index (κ1) is 23.7. The van der Waals surface area contributed by atoms with Gasteiger partial charge in [0.15, 0.2) is 0 Å². The smallest absolute Gasteiger partial charge is 0.244 e. The molecule has 1 N–H and O–H groups in total. The minimum Gasteiger partial charge on any atom is -0.378 e. The lowest BCUT2D eigenvalue weighted by molar-refractivity contribution is -0.119.